The lowest BCUT2D eigenvalue weighted by atomic mass is 10.0. The van der Waals surface area contributed by atoms with Crippen molar-refractivity contribution in [1.29, 1.82) is 0 Å². The zero-order chi connectivity index (χ0) is 10.8. The number of nitrogen functional groups attached to an aromatic ring is 1. The molecule has 1 aliphatic heterocycles. The number of nitrogens with zero attached hydrogens (tertiary/aromatic N) is 1. The van der Waals surface area contributed by atoms with Crippen LogP contribution < -0.4 is 5.73 Å². The van der Waals surface area contributed by atoms with Crippen LogP contribution in [0.2, 0.25) is 0 Å². The molecule has 0 saturated carbocycles. The van der Waals surface area contributed by atoms with E-state index in [4.69, 9.17) is 5.73 Å². The molecule has 3 nitrogen and oxygen atoms in total. The molecule has 2 rings (SSSR count). The number of thiophene rings is 1. The molecule has 0 aliphatic carbocycles. The minimum absolute atomic E-state index is 0.106. The summed E-state index contributed by atoms with van der Waals surface area (Å²) < 4.78 is 0. The average Bonchev–Trinajstić information content (AvgIpc) is 2.63. The largest absolute Gasteiger partial charge is 0.397 e. The molecular weight excluding hydrogens is 208 g/mol. The van der Waals surface area contributed by atoms with Crippen molar-refractivity contribution in [1.82, 2.24) is 4.90 Å². The summed E-state index contributed by atoms with van der Waals surface area (Å²) in [5, 5.41) is 1.87. The molecule has 0 spiro atoms. The van der Waals surface area contributed by atoms with Crippen LogP contribution in [0.1, 0.15) is 29.4 Å². The normalized spacial score (nSPS) is 21.7. The van der Waals surface area contributed by atoms with Crippen LogP contribution in [-0.2, 0) is 0 Å². The summed E-state index contributed by atoms with van der Waals surface area (Å²) in [5.41, 5.74) is 6.36. The van der Waals surface area contributed by atoms with Crippen molar-refractivity contribution in [2.75, 3.05) is 18.8 Å². The fourth-order valence-corrected chi connectivity index (χ4v) is 2.80. The minimum Gasteiger partial charge on any atom is -0.397 e. The number of carbonyl (C=O) groups excluding carboxylic acids is 1. The molecule has 1 aromatic rings. The van der Waals surface area contributed by atoms with E-state index in [9.17, 15) is 4.79 Å². The molecule has 4 heteroatoms. The number of nitrogens with two attached hydrogens (primary N) is 1. The Morgan fingerprint density at radius 3 is 3.07 bits per heavy atom. The highest BCUT2D eigenvalue weighted by Gasteiger charge is 2.23. The van der Waals surface area contributed by atoms with Gasteiger partial charge in [0.05, 0.1) is 5.69 Å². The van der Waals surface area contributed by atoms with Gasteiger partial charge in [0.1, 0.15) is 4.88 Å². The van der Waals surface area contributed by atoms with Gasteiger partial charge in [0.25, 0.3) is 5.91 Å². The Bertz CT molecular complexity index is 361. The maximum Gasteiger partial charge on any atom is 0.266 e. The first-order valence-corrected chi connectivity index (χ1v) is 6.18. The second-order valence-corrected chi connectivity index (χ2v) is 5.12. The van der Waals surface area contributed by atoms with Crippen molar-refractivity contribution in [2.24, 2.45) is 5.92 Å². The van der Waals surface area contributed by atoms with Crippen LogP contribution in [0, 0.1) is 5.92 Å². The van der Waals surface area contributed by atoms with Gasteiger partial charge in [-0.05, 0) is 30.2 Å². The monoisotopic (exact) mass is 224 g/mol. The highest BCUT2D eigenvalue weighted by atomic mass is 32.1. The standard InChI is InChI=1S/C11H16N2OS/c1-8-3-2-5-13(7-8)11(14)10-9(12)4-6-15-10/h4,6,8H,2-3,5,7,12H2,1H3. The maximum atomic E-state index is 12.1. The Hall–Kier alpha value is -1.03. The quantitative estimate of drug-likeness (QED) is 0.795. The van der Waals surface area contributed by atoms with Gasteiger partial charge in [-0.15, -0.1) is 11.3 Å². The summed E-state index contributed by atoms with van der Waals surface area (Å²) >= 11 is 1.44. The lowest BCUT2D eigenvalue weighted by molar-refractivity contribution is 0.0689. The topological polar surface area (TPSA) is 46.3 Å². The number of anilines is 1. The molecule has 1 saturated heterocycles. The minimum atomic E-state index is 0.106. The Morgan fingerprint density at radius 2 is 2.47 bits per heavy atom. The lowest BCUT2D eigenvalue weighted by Crippen LogP contribution is -2.38. The predicted octanol–water partition coefficient (Wildman–Crippen LogP) is 2.20. The third-order valence-electron chi connectivity index (χ3n) is 2.83. The molecule has 0 bridgehead atoms. The molecule has 0 radical (unpaired) electrons. The number of likely N-dealkylation sites (tertiary alicyclic amines) is 1. The molecule has 15 heavy (non-hydrogen) atoms. The van der Waals surface area contributed by atoms with Crippen molar-refractivity contribution in [3.05, 3.63) is 16.3 Å². The smallest absolute Gasteiger partial charge is 0.266 e. The van der Waals surface area contributed by atoms with Crippen LogP contribution in [0.25, 0.3) is 0 Å². The van der Waals surface area contributed by atoms with Crippen molar-refractivity contribution in [3.8, 4) is 0 Å². The first-order chi connectivity index (χ1) is 7.18. The van der Waals surface area contributed by atoms with Gasteiger partial charge in [-0.25, -0.2) is 0 Å². The van der Waals surface area contributed by atoms with Crippen molar-refractivity contribution in [3.63, 3.8) is 0 Å². The summed E-state index contributed by atoms with van der Waals surface area (Å²) in [5.74, 6) is 0.720. The van der Waals surface area contributed by atoms with Crippen LogP contribution in [0.4, 0.5) is 5.69 Å². The highest BCUT2D eigenvalue weighted by Crippen LogP contribution is 2.24. The number of piperidine rings is 1. The van der Waals surface area contributed by atoms with Crippen LogP contribution >= 0.6 is 11.3 Å². The molecule has 0 aromatic carbocycles. The number of amides is 1. The first kappa shape index (κ1) is 10.5. The second-order valence-electron chi connectivity index (χ2n) is 4.20. The summed E-state index contributed by atoms with van der Waals surface area (Å²) in [6.45, 7) is 3.94. The zero-order valence-corrected chi connectivity index (χ0v) is 9.72. The predicted molar refractivity (Wildman–Crippen MR) is 63.0 cm³/mol. The Labute approximate surface area is 93.9 Å². The number of carbonyl (C=O) groups is 1. The van der Waals surface area contributed by atoms with E-state index >= 15 is 0 Å². The first-order valence-electron chi connectivity index (χ1n) is 5.30. The van der Waals surface area contributed by atoms with E-state index in [1.54, 1.807) is 6.07 Å². The molecule has 1 fully saturated rings. The van der Waals surface area contributed by atoms with Crippen LogP contribution in [0.3, 0.4) is 0 Å². The number of rotatable bonds is 1. The van der Waals surface area contributed by atoms with Gasteiger partial charge in [-0.3, -0.25) is 4.79 Å². The molecule has 2 N–H and O–H groups in total. The van der Waals surface area contributed by atoms with E-state index < -0.39 is 0 Å². The summed E-state index contributed by atoms with van der Waals surface area (Å²) in [6, 6.07) is 1.80. The van der Waals surface area contributed by atoms with Crippen molar-refractivity contribution >= 4 is 22.9 Å². The molecule has 1 atom stereocenters. The number of hydrogen-bond acceptors (Lipinski definition) is 3. The Balaban J connectivity index is 2.11. The van der Waals surface area contributed by atoms with Crippen LogP contribution in [-0.4, -0.2) is 23.9 Å². The average molecular weight is 224 g/mol. The molecule has 82 valence electrons. The van der Waals surface area contributed by atoms with E-state index in [-0.39, 0.29) is 5.91 Å². The summed E-state index contributed by atoms with van der Waals surface area (Å²) in [6.07, 6.45) is 2.34. The third kappa shape index (κ3) is 2.15. The highest BCUT2D eigenvalue weighted by molar-refractivity contribution is 7.12. The molecule has 1 unspecified atom stereocenters. The van der Waals surface area contributed by atoms with E-state index in [1.165, 1.54) is 17.8 Å². The Kier molecular flexibility index (Phi) is 2.95. The molecule has 1 amide bonds. The summed E-state index contributed by atoms with van der Waals surface area (Å²) in [4.78, 5) is 14.7. The van der Waals surface area contributed by atoms with Gasteiger partial charge < -0.3 is 10.6 Å². The van der Waals surface area contributed by atoms with Gasteiger partial charge in [-0.1, -0.05) is 6.92 Å². The van der Waals surface area contributed by atoms with E-state index in [1.807, 2.05) is 10.3 Å². The fourth-order valence-electron chi connectivity index (χ4n) is 2.01. The van der Waals surface area contributed by atoms with Gasteiger partial charge >= 0.3 is 0 Å². The fraction of sp³-hybridized carbons (Fsp3) is 0.545. The number of hydrogen-bond donors (Lipinski definition) is 1. The van der Waals surface area contributed by atoms with Gasteiger partial charge in [0.2, 0.25) is 0 Å². The van der Waals surface area contributed by atoms with Crippen molar-refractivity contribution in [2.45, 2.75) is 19.8 Å². The van der Waals surface area contributed by atoms with Crippen LogP contribution in [0.5, 0.6) is 0 Å². The molecule has 2 heterocycles. The van der Waals surface area contributed by atoms with E-state index in [0.717, 1.165) is 19.5 Å². The second kappa shape index (κ2) is 4.23. The van der Waals surface area contributed by atoms with Crippen molar-refractivity contribution < 1.29 is 4.79 Å². The third-order valence-corrected chi connectivity index (χ3v) is 3.75. The molecular formula is C11H16N2OS. The lowest BCUT2D eigenvalue weighted by Gasteiger charge is -2.30. The van der Waals surface area contributed by atoms with Gasteiger partial charge in [-0.2, -0.15) is 0 Å². The van der Waals surface area contributed by atoms with Gasteiger partial charge in [0.15, 0.2) is 0 Å². The molecule has 1 aliphatic rings. The molecule has 1 aromatic heterocycles. The van der Waals surface area contributed by atoms with E-state index in [0.29, 0.717) is 16.5 Å². The maximum absolute atomic E-state index is 12.1. The zero-order valence-electron chi connectivity index (χ0n) is 8.90. The van der Waals surface area contributed by atoms with Crippen LogP contribution in [0.15, 0.2) is 11.4 Å². The SMILES string of the molecule is CC1CCCN(C(=O)c2sccc2N)C1. The Morgan fingerprint density at radius 1 is 1.67 bits per heavy atom. The summed E-state index contributed by atoms with van der Waals surface area (Å²) in [7, 11) is 0. The van der Waals surface area contributed by atoms with E-state index in [2.05, 4.69) is 6.92 Å². The van der Waals surface area contributed by atoms with Gasteiger partial charge in [0, 0.05) is 13.1 Å².